The van der Waals surface area contributed by atoms with E-state index in [1.54, 1.807) is 11.8 Å². The third-order valence-corrected chi connectivity index (χ3v) is 4.38. The molecule has 0 radical (unpaired) electrons. The second kappa shape index (κ2) is 8.49. The van der Waals surface area contributed by atoms with Crippen LogP contribution in [-0.2, 0) is 4.79 Å². The maximum atomic E-state index is 12.2. The Morgan fingerprint density at radius 3 is 2.68 bits per heavy atom. The number of ether oxygens (including phenoxy) is 1. The molecule has 3 nitrogen and oxygen atoms in total. The Balaban J connectivity index is 1.87. The van der Waals surface area contributed by atoms with Gasteiger partial charge in [-0.1, -0.05) is 31.2 Å². The second-order valence-corrected chi connectivity index (χ2v) is 6.07. The minimum Gasteiger partial charge on any atom is -0.494 e. The molecule has 1 unspecified atom stereocenters. The van der Waals surface area contributed by atoms with E-state index in [-0.39, 0.29) is 11.8 Å². The van der Waals surface area contributed by atoms with Crippen LogP contribution in [0, 0.1) is 5.92 Å². The summed E-state index contributed by atoms with van der Waals surface area (Å²) in [4.78, 5) is 13.4. The van der Waals surface area contributed by atoms with E-state index >= 15 is 0 Å². The number of rotatable bonds is 7. The van der Waals surface area contributed by atoms with Crippen molar-refractivity contribution in [2.45, 2.75) is 18.7 Å². The summed E-state index contributed by atoms with van der Waals surface area (Å²) in [6, 6.07) is 17.6. The first-order valence-electron chi connectivity index (χ1n) is 7.40. The zero-order valence-electron chi connectivity index (χ0n) is 12.9. The van der Waals surface area contributed by atoms with Gasteiger partial charge in [0.2, 0.25) is 5.91 Å². The maximum Gasteiger partial charge on any atom is 0.228 e. The molecule has 1 atom stereocenters. The molecule has 1 amide bonds. The predicted molar refractivity (Wildman–Crippen MR) is 92.6 cm³/mol. The van der Waals surface area contributed by atoms with E-state index in [9.17, 15) is 4.79 Å². The van der Waals surface area contributed by atoms with Gasteiger partial charge in [0.25, 0.3) is 0 Å². The van der Waals surface area contributed by atoms with Gasteiger partial charge in [0.05, 0.1) is 6.61 Å². The fourth-order valence-electron chi connectivity index (χ4n) is 1.91. The van der Waals surface area contributed by atoms with Crippen LogP contribution in [-0.4, -0.2) is 18.3 Å². The minimum atomic E-state index is -0.0686. The fraction of sp³-hybridized carbons (Fsp3) is 0.278. The van der Waals surface area contributed by atoms with Crippen LogP contribution in [0.15, 0.2) is 59.5 Å². The summed E-state index contributed by atoms with van der Waals surface area (Å²) in [5.41, 5.74) is 0.771. The Kier molecular flexibility index (Phi) is 6.34. The molecule has 0 saturated carbocycles. The highest BCUT2D eigenvalue weighted by atomic mass is 32.2. The molecule has 116 valence electrons. The molecule has 0 spiro atoms. The third-order valence-electron chi connectivity index (χ3n) is 3.10. The Morgan fingerprint density at radius 2 is 1.95 bits per heavy atom. The Hall–Kier alpha value is -1.94. The molecule has 0 saturated heterocycles. The molecule has 0 aliphatic rings. The highest BCUT2D eigenvalue weighted by Crippen LogP contribution is 2.22. The van der Waals surface area contributed by atoms with Crippen molar-refractivity contribution >= 4 is 23.4 Å². The number of anilines is 1. The monoisotopic (exact) mass is 315 g/mol. The molecular formula is C18H21NO2S. The Labute approximate surface area is 136 Å². The number of thioether (sulfide) groups is 1. The average molecular weight is 315 g/mol. The topological polar surface area (TPSA) is 38.3 Å². The summed E-state index contributed by atoms with van der Waals surface area (Å²) in [5, 5.41) is 2.94. The summed E-state index contributed by atoms with van der Waals surface area (Å²) in [7, 11) is 0. The third kappa shape index (κ3) is 5.11. The van der Waals surface area contributed by atoms with Crippen LogP contribution in [0.2, 0.25) is 0 Å². The summed E-state index contributed by atoms with van der Waals surface area (Å²) >= 11 is 1.69. The van der Waals surface area contributed by atoms with Crippen LogP contribution >= 0.6 is 11.8 Å². The largest absolute Gasteiger partial charge is 0.494 e. The van der Waals surface area contributed by atoms with Crippen molar-refractivity contribution in [1.82, 2.24) is 0 Å². The lowest BCUT2D eigenvalue weighted by Crippen LogP contribution is -2.22. The van der Waals surface area contributed by atoms with Crippen LogP contribution in [0.4, 0.5) is 5.69 Å². The quantitative estimate of drug-likeness (QED) is 0.767. The first-order chi connectivity index (χ1) is 10.7. The maximum absolute atomic E-state index is 12.2. The number of hydrogen-bond donors (Lipinski definition) is 1. The van der Waals surface area contributed by atoms with Gasteiger partial charge in [-0.05, 0) is 31.2 Å². The van der Waals surface area contributed by atoms with E-state index in [1.165, 1.54) is 4.90 Å². The fourth-order valence-corrected chi connectivity index (χ4v) is 2.85. The van der Waals surface area contributed by atoms with Gasteiger partial charge in [-0.15, -0.1) is 11.8 Å². The van der Waals surface area contributed by atoms with Crippen molar-refractivity contribution in [3.05, 3.63) is 54.6 Å². The molecule has 0 aliphatic carbocycles. The zero-order valence-corrected chi connectivity index (χ0v) is 13.7. The van der Waals surface area contributed by atoms with Gasteiger partial charge in [-0.25, -0.2) is 0 Å². The highest BCUT2D eigenvalue weighted by molar-refractivity contribution is 7.99. The number of benzene rings is 2. The van der Waals surface area contributed by atoms with Crippen molar-refractivity contribution in [2.75, 3.05) is 17.7 Å². The standard InChI is InChI=1S/C18H21NO2S/c1-3-21-16-9-7-8-15(12-16)19-18(20)14(2)13-22-17-10-5-4-6-11-17/h4-12,14H,3,13H2,1-2H3,(H,19,20). The van der Waals surface area contributed by atoms with Gasteiger partial charge in [0, 0.05) is 28.3 Å². The lowest BCUT2D eigenvalue weighted by Gasteiger charge is -2.13. The van der Waals surface area contributed by atoms with Crippen LogP contribution in [0.5, 0.6) is 5.75 Å². The first-order valence-corrected chi connectivity index (χ1v) is 8.39. The average Bonchev–Trinajstić information content (AvgIpc) is 2.54. The Bertz CT molecular complexity index is 601. The van der Waals surface area contributed by atoms with Gasteiger partial charge >= 0.3 is 0 Å². The first kappa shape index (κ1) is 16.4. The van der Waals surface area contributed by atoms with E-state index in [0.29, 0.717) is 6.61 Å². The molecule has 4 heteroatoms. The van der Waals surface area contributed by atoms with Crippen LogP contribution in [0.25, 0.3) is 0 Å². The molecule has 0 aliphatic heterocycles. The van der Waals surface area contributed by atoms with Crippen molar-refractivity contribution in [1.29, 1.82) is 0 Å². The van der Waals surface area contributed by atoms with Crippen LogP contribution in [0.1, 0.15) is 13.8 Å². The number of carbonyl (C=O) groups excluding carboxylic acids is 1. The van der Waals surface area contributed by atoms with Gasteiger partial charge in [-0.2, -0.15) is 0 Å². The number of amides is 1. The number of nitrogens with one attached hydrogen (secondary N) is 1. The Morgan fingerprint density at radius 1 is 1.18 bits per heavy atom. The molecule has 22 heavy (non-hydrogen) atoms. The lowest BCUT2D eigenvalue weighted by atomic mass is 10.2. The van der Waals surface area contributed by atoms with Crippen LogP contribution in [0.3, 0.4) is 0 Å². The molecule has 2 aromatic carbocycles. The molecule has 2 rings (SSSR count). The minimum absolute atomic E-state index is 0.0251. The van der Waals surface area contributed by atoms with Gasteiger partial charge in [-0.3, -0.25) is 4.79 Å². The van der Waals surface area contributed by atoms with E-state index in [0.717, 1.165) is 17.2 Å². The SMILES string of the molecule is CCOc1cccc(NC(=O)C(C)CSc2ccccc2)c1. The van der Waals surface area contributed by atoms with Crippen molar-refractivity contribution in [3.8, 4) is 5.75 Å². The predicted octanol–water partition coefficient (Wildman–Crippen LogP) is 4.45. The molecule has 0 fully saturated rings. The molecule has 0 aromatic heterocycles. The normalized spacial score (nSPS) is 11.7. The number of hydrogen-bond acceptors (Lipinski definition) is 3. The summed E-state index contributed by atoms with van der Waals surface area (Å²) in [5.74, 6) is 1.48. The van der Waals surface area contributed by atoms with Gasteiger partial charge in [0.15, 0.2) is 0 Å². The van der Waals surface area contributed by atoms with Crippen molar-refractivity contribution < 1.29 is 9.53 Å². The van der Waals surface area contributed by atoms with E-state index < -0.39 is 0 Å². The molecule has 0 heterocycles. The number of carbonyl (C=O) groups is 1. The smallest absolute Gasteiger partial charge is 0.228 e. The summed E-state index contributed by atoms with van der Waals surface area (Å²) in [6.07, 6.45) is 0. The van der Waals surface area contributed by atoms with Gasteiger partial charge in [0.1, 0.15) is 5.75 Å². The summed E-state index contributed by atoms with van der Waals surface area (Å²) in [6.45, 7) is 4.49. The summed E-state index contributed by atoms with van der Waals surface area (Å²) < 4.78 is 5.44. The lowest BCUT2D eigenvalue weighted by molar-refractivity contribution is -0.118. The van der Waals surface area contributed by atoms with E-state index in [2.05, 4.69) is 17.4 Å². The molecule has 2 aromatic rings. The van der Waals surface area contributed by atoms with Gasteiger partial charge < -0.3 is 10.1 Å². The van der Waals surface area contributed by atoms with Crippen molar-refractivity contribution in [2.24, 2.45) is 5.92 Å². The molecule has 1 N–H and O–H groups in total. The molecule has 0 bridgehead atoms. The van der Waals surface area contributed by atoms with Crippen molar-refractivity contribution in [3.63, 3.8) is 0 Å². The second-order valence-electron chi connectivity index (χ2n) is 4.98. The van der Waals surface area contributed by atoms with E-state index in [1.807, 2.05) is 56.3 Å². The van der Waals surface area contributed by atoms with Crippen LogP contribution < -0.4 is 10.1 Å². The zero-order chi connectivity index (χ0) is 15.8. The highest BCUT2D eigenvalue weighted by Gasteiger charge is 2.13. The van der Waals surface area contributed by atoms with E-state index in [4.69, 9.17) is 4.74 Å². The molecular weight excluding hydrogens is 294 g/mol.